The van der Waals surface area contributed by atoms with Gasteiger partial charge < -0.3 is 4.90 Å². The third-order valence-electron chi connectivity index (χ3n) is 6.20. The Morgan fingerprint density at radius 2 is 1.92 bits per heavy atom. The van der Waals surface area contributed by atoms with E-state index in [0.29, 0.717) is 21.6 Å². The van der Waals surface area contributed by atoms with E-state index in [1.807, 2.05) is 30.3 Å². The van der Waals surface area contributed by atoms with Gasteiger partial charge in [-0.3, -0.25) is 4.79 Å². The number of thiazole rings is 1. The SMILES string of the molecule is N#Cc1cc(C(=O)N2CCS(=O)(=O)[C@@](F)(c3ncc(Cc4ccccc4-c4ncccn4)s3)C2)ccc1Br. The van der Waals surface area contributed by atoms with Crippen molar-refractivity contribution in [2.24, 2.45) is 0 Å². The molecule has 0 radical (unpaired) electrons. The molecule has 8 nitrogen and oxygen atoms in total. The summed E-state index contributed by atoms with van der Waals surface area (Å²) < 4.78 is 42.8. The fourth-order valence-corrected chi connectivity index (χ4v) is 7.40. The Labute approximate surface area is 230 Å². The van der Waals surface area contributed by atoms with Crippen molar-refractivity contribution >= 4 is 43.0 Å². The zero-order valence-corrected chi connectivity index (χ0v) is 22.9. The lowest BCUT2D eigenvalue weighted by molar-refractivity contribution is 0.0666. The maximum absolute atomic E-state index is 16.4. The highest BCUT2D eigenvalue weighted by Crippen LogP contribution is 2.40. The molecular formula is C26H19BrFN5O3S2. The number of sulfone groups is 1. The fraction of sp³-hybridized carbons (Fsp3) is 0.192. The van der Waals surface area contributed by atoms with Crippen LogP contribution < -0.4 is 0 Å². The molecule has 4 aromatic rings. The van der Waals surface area contributed by atoms with Crippen molar-refractivity contribution < 1.29 is 17.6 Å². The minimum atomic E-state index is -4.25. The van der Waals surface area contributed by atoms with Gasteiger partial charge in [0.15, 0.2) is 15.7 Å². The van der Waals surface area contributed by atoms with E-state index in [9.17, 15) is 18.5 Å². The minimum absolute atomic E-state index is 0.159. The summed E-state index contributed by atoms with van der Waals surface area (Å²) in [5, 5.41) is 6.20. The first-order chi connectivity index (χ1) is 18.2. The normalized spacial score (nSPS) is 18.6. The van der Waals surface area contributed by atoms with Crippen LogP contribution in [0, 0.1) is 11.3 Å². The number of aromatic nitrogens is 3. The van der Waals surface area contributed by atoms with Crippen LogP contribution in [0.4, 0.5) is 4.39 Å². The van der Waals surface area contributed by atoms with E-state index in [-0.39, 0.29) is 22.7 Å². The highest BCUT2D eigenvalue weighted by Gasteiger charge is 2.53. The van der Waals surface area contributed by atoms with Gasteiger partial charge in [-0.2, -0.15) is 5.26 Å². The van der Waals surface area contributed by atoms with Gasteiger partial charge in [0.25, 0.3) is 10.9 Å². The predicted octanol–water partition coefficient (Wildman–Crippen LogP) is 4.52. The van der Waals surface area contributed by atoms with Crippen LogP contribution in [-0.4, -0.2) is 53.0 Å². The lowest BCUT2D eigenvalue weighted by Gasteiger charge is -2.35. The van der Waals surface area contributed by atoms with E-state index in [4.69, 9.17) is 0 Å². The van der Waals surface area contributed by atoms with Crippen LogP contribution in [0.5, 0.6) is 0 Å². The zero-order chi connectivity index (χ0) is 26.9. The van der Waals surface area contributed by atoms with Gasteiger partial charge in [0.2, 0.25) is 0 Å². The van der Waals surface area contributed by atoms with Crippen molar-refractivity contribution in [2.75, 3.05) is 18.8 Å². The maximum atomic E-state index is 16.4. The van der Waals surface area contributed by atoms with Crippen molar-refractivity contribution in [3.8, 4) is 17.5 Å². The summed E-state index contributed by atoms with van der Waals surface area (Å²) in [5.41, 5.74) is 2.11. The molecule has 1 atom stereocenters. The molecule has 1 aliphatic rings. The summed E-state index contributed by atoms with van der Waals surface area (Å²) in [6.45, 7) is -0.846. The molecule has 1 saturated heterocycles. The fourth-order valence-electron chi connectivity index (χ4n) is 4.20. The second-order valence-electron chi connectivity index (χ2n) is 8.62. The molecule has 0 unspecified atom stereocenters. The number of hydrogen-bond acceptors (Lipinski definition) is 8. The molecule has 0 N–H and O–H groups in total. The Bertz CT molecular complexity index is 1670. The van der Waals surface area contributed by atoms with Gasteiger partial charge in [-0.05, 0) is 45.8 Å². The van der Waals surface area contributed by atoms with Crippen molar-refractivity contribution in [1.82, 2.24) is 19.9 Å². The Balaban J connectivity index is 1.42. The molecule has 1 fully saturated rings. The minimum Gasteiger partial charge on any atom is -0.333 e. The Kier molecular flexibility index (Phi) is 7.09. The van der Waals surface area contributed by atoms with E-state index >= 15 is 4.39 Å². The van der Waals surface area contributed by atoms with Crippen LogP contribution in [0.1, 0.15) is 31.4 Å². The van der Waals surface area contributed by atoms with Crippen molar-refractivity contribution in [2.45, 2.75) is 11.4 Å². The number of amides is 1. The van der Waals surface area contributed by atoms with E-state index in [1.54, 1.807) is 24.5 Å². The highest BCUT2D eigenvalue weighted by atomic mass is 79.9. The van der Waals surface area contributed by atoms with Gasteiger partial charge in [-0.15, -0.1) is 11.3 Å². The van der Waals surface area contributed by atoms with Gasteiger partial charge in [0.1, 0.15) is 11.1 Å². The summed E-state index contributed by atoms with van der Waals surface area (Å²) >= 11 is 4.21. The van der Waals surface area contributed by atoms with Crippen LogP contribution >= 0.6 is 27.3 Å². The van der Waals surface area contributed by atoms with Crippen molar-refractivity contribution in [1.29, 1.82) is 5.26 Å². The predicted molar refractivity (Wildman–Crippen MR) is 144 cm³/mol. The largest absolute Gasteiger partial charge is 0.333 e. The Morgan fingerprint density at radius 1 is 1.16 bits per heavy atom. The maximum Gasteiger partial charge on any atom is 0.278 e. The van der Waals surface area contributed by atoms with Crippen molar-refractivity contribution in [3.63, 3.8) is 0 Å². The average Bonchev–Trinajstić information content (AvgIpc) is 3.40. The van der Waals surface area contributed by atoms with Gasteiger partial charge in [-0.1, -0.05) is 24.3 Å². The number of carbonyl (C=O) groups excluding carboxylic acids is 1. The average molecular weight is 613 g/mol. The molecule has 12 heteroatoms. The van der Waals surface area contributed by atoms with E-state index in [2.05, 4.69) is 30.9 Å². The molecule has 0 aliphatic carbocycles. The Morgan fingerprint density at radius 3 is 2.68 bits per heavy atom. The second kappa shape index (κ2) is 10.3. The number of halogens is 2. The first-order valence-corrected chi connectivity index (χ1v) is 14.7. The van der Waals surface area contributed by atoms with Crippen molar-refractivity contribution in [3.05, 3.63) is 98.2 Å². The number of nitrogens with zero attached hydrogens (tertiary/aromatic N) is 5. The van der Waals surface area contributed by atoms with E-state index in [1.165, 1.54) is 18.3 Å². The van der Waals surface area contributed by atoms with Gasteiger partial charge in [-0.25, -0.2) is 27.8 Å². The number of hydrogen-bond donors (Lipinski definition) is 0. The summed E-state index contributed by atoms with van der Waals surface area (Å²) in [6, 6.07) is 15.7. The zero-order valence-electron chi connectivity index (χ0n) is 19.7. The Hall–Kier alpha value is -3.53. The highest BCUT2D eigenvalue weighted by molar-refractivity contribution is 9.10. The molecule has 0 bridgehead atoms. The third kappa shape index (κ3) is 4.84. The molecule has 2 aromatic heterocycles. The summed E-state index contributed by atoms with van der Waals surface area (Å²) in [7, 11) is -4.25. The summed E-state index contributed by atoms with van der Waals surface area (Å²) in [5.74, 6) is -0.550. The smallest absolute Gasteiger partial charge is 0.278 e. The standard InChI is InChI=1S/C26H19BrFN5O3S2/c27-22-7-6-18(12-19(22)14-29)24(34)33-10-11-38(35,36)26(28,16-33)25-32-15-20(37-25)13-17-4-1-2-5-21(17)23-30-8-3-9-31-23/h1-9,12,15H,10-11,13,16H2/t26-/m1/s1. The lowest BCUT2D eigenvalue weighted by Crippen LogP contribution is -2.53. The van der Waals surface area contributed by atoms with E-state index < -0.39 is 33.0 Å². The topological polar surface area (TPSA) is 117 Å². The molecule has 192 valence electrons. The summed E-state index contributed by atoms with van der Waals surface area (Å²) in [4.78, 5) is 27.7. The third-order valence-corrected chi connectivity index (χ3v) is 10.2. The van der Waals surface area contributed by atoms with Crippen LogP contribution in [0.15, 0.2) is 71.6 Å². The number of benzene rings is 2. The molecule has 0 saturated carbocycles. The molecule has 1 amide bonds. The molecule has 3 heterocycles. The summed E-state index contributed by atoms with van der Waals surface area (Å²) in [6.07, 6.45) is 5.13. The van der Waals surface area contributed by atoms with Gasteiger partial charge in [0.05, 0.1) is 17.9 Å². The number of alkyl halides is 1. The molecule has 2 aromatic carbocycles. The van der Waals surface area contributed by atoms with Crippen LogP contribution in [0.25, 0.3) is 11.4 Å². The van der Waals surface area contributed by atoms with Crippen LogP contribution in [-0.2, 0) is 21.3 Å². The quantitative estimate of drug-likeness (QED) is 0.326. The first kappa shape index (κ1) is 26.1. The number of carbonyl (C=O) groups is 1. The lowest BCUT2D eigenvalue weighted by atomic mass is 10.0. The van der Waals surface area contributed by atoms with Gasteiger partial charge >= 0.3 is 0 Å². The number of nitriles is 1. The molecular weight excluding hydrogens is 593 g/mol. The van der Waals surface area contributed by atoms with Crippen LogP contribution in [0.2, 0.25) is 0 Å². The van der Waals surface area contributed by atoms with Gasteiger partial charge in [0, 0.05) is 52.0 Å². The monoisotopic (exact) mass is 611 g/mol. The second-order valence-corrected chi connectivity index (χ2v) is 12.9. The molecule has 5 rings (SSSR count). The molecule has 38 heavy (non-hydrogen) atoms. The number of rotatable bonds is 5. The molecule has 1 aliphatic heterocycles. The van der Waals surface area contributed by atoms with E-state index in [0.717, 1.165) is 27.4 Å². The molecule has 0 spiro atoms. The first-order valence-electron chi connectivity index (χ1n) is 11.4. The van der Waals surface area contributed by atoms with Crippen LogP contribution in [0.3, 0.4) is 0 Å².